The van der Waals surface area contributed by atoms with Crippen LogP contribution in [-0.2, 0) is 0 Å². The molecule has 0 aliphatic heterocycles. The summed E-state index contributed by atoms with van der Waals surface area (Å²) < 4.78 is 0. The molecule has 1 atom stereocenters. The number of carboxylic acid groups (broad SMARTS) is 1. The maximum absolute atomic E-state index is 13.1. The van der Waals surface area contributed by atoms with Crippen LogP contribution in [0.2, 0.25) is 0 Å². The minimum absolute atomic E-state index is 0.112. The second-order valence-electron chi connectivity index (χ2n) is 6.05. The Morgan fingerprint density at radius 1 is 1.04 bits per heavy atom. The average Bonchev–Trinajstić information content (AvgIpc) is 2.60. The average molecular weight is 341 g/mol. The van der Waals surface area contributed by atoms with Gasteiger partial charge in [-0.25, -0.2) is 4.79 Å². The van der Waals surface area contributed by atoms with E-state index in [4.69, 9.17) is 5.73 Å². The van der Waals surface area contributed by atoms with Crippen molar-refractivity contribution in [2.45, 2.75) is 38.5 Å². The lowest BCUT2D eigenvalue weighted by atomic mass is 9.83. The summed E-state index contributed by atoms with van der Waals surface area (Å²) in [6.07, 6.45) is 3.25. The first-order chi connectivity index (χ1) is 12.0. The minimum atomic E-state index is -1.07. The summed E-state index contributed by atoms with van der Waals surface area (Å²) >= 11 is 0. The molecule has 5 heteroatoms. The van der Waals surface area contributed by atoms with Crippen LogP contribution < -0.4 is 5.73 Å². The molecule has 2 aromatic carbocycles. The highest BCUT2D eigenvalue weighted by molar-refractivity contribution is 6.05. The van der Waals surface area contributed by atoms with Crippen LogP contribution in [0.1, 0.15) is 64.8 Å². The van der Waals surface area contributed by atoms with Crippen molar-refractivity contribution < 1.29 is 19.8 Å². The van der Waals surface area contributed by atoms with E-state index in [1.807, 2.05) is 0 Å². The highest BCUT2D eigenvalue weighted by atomic mass is 16.4. The molecule has 4 N–H and O–H groups in total. The van der Waals surface area contributed by atoms with Crippen LogP contribution in [0.25, 0.3) is 0 Å². The van der Waals surface area contributed by atoms with Crippen molar-refractivity contribution in [2.75, 3.05) is 5.73 Å². The van der Waals surface area contributed by atoms with E-state index in [0.717, 1.165) is 19.3 Å². The van der Waals surface area contributed by atoms with Gasteiger partial charge in [-0.05, 0) is 30.2 Å². The summed E-state index contributed by atoms with van der Waals surface area (Å²) in [5.41, 5.74) is 6.54. The quantitative estimate of drug-likeness (QED) is 0.289. The largest absolute Gasteiger partial charge is 0.505 e. The molecule has 0 spiro atoms. The number of aromatic hydroxyl groups is 1. The second kappa shape index (κ2) is 8.33. The van der Waals surface area contributed by atoms with E-state index in [0.29, 0.717) is 12.0 Å². The number of ketones is 1. The summed E-state index contributed by atoms with van der Waals surface area (Å²) in [5, 5.41) is 19.6. The fourth-order valence-electron chi connectivity index (χ4n) is 2.97. The SMILES string of the molecule is CCCCCC(C(=O)c1cccc(N)c1O)c1ccccc1C(=O)O. The van der Waals surface area contributed by atoms with Gasteiger partial charge in [0, 0.05) is 5.92 Å². The van der Waals surface area contributed by atoms with Crippen molar-refractivity contribution in [3.05, 3.63) is 59.2 Å². The predicted molar refractivity (Wildman–Crippen MR) is 97.1 cm³/mol. The van der Waals surface area contributed by atoms with Crippen molar-refractivity contribution in [3.63, 3.8) is 0 Å². The molecule has 2 rings (SSSR count). The van der Waals surface area contributed by atoms with Crippen molar-refractivity contribution in [3.8, 4) is 5.75 Å². The highest BCUT2D eigenvalue weighted by Gasteiger charge is 2.27. The van der Waals surface area contributed by atoms with E-state index in [1.54, 1.807) is 24.3 Å². The van der Waals surface area contributed by atoms with Crippen molar-refractivity contribution in [1.82, 2.24) is 0 Å². The molecule has 0 saturated heterocycles. The van der Waals surface area contributed by atoms with Crippen LogP contribution in [0.5, 0.6) is 5.75 Å². The minimum Gasteiger partial charge on any atom is -0.505 e. The van der Waals surface area contributed by atoms with Crippen molar-refractivity contribution in [2.24, 2.45) is 0 Å². The van der Waals surface area contributed by atoms with Gasteiger partial charge in [0.05, 0.1) is 16.8 Å². The number of nitrogens with two attached hydrogens (primary N) is 1. The van der Waals surface area contributed by atoms with Gasteiger partial charge in [0.25, 0.3) is 0 Å². The smallest absolute Gasteiger partial charge is 0.335 e. The summed E-state index contributed by atoms with van der Waals surface area (Å²) in [6, 6.07) is 11.2. The van der Waals surface area contributed by atoms with Crippen molar-refractivity contribution in [1.29, 1.82) is 0 Å². The molecule has 0 aliphatic carbocycles. The lowest BCUT2D eigenvalue weighted by molar-refractivity contribution is 0.0695. The molecule has 0 aliphatic rings. The number of Topliss-reactive ketones (excluding diaryl/α,β-unsaturated/α-hetero) is 1. The Hall–Kier alpha value is -2.82. The summed E-state index contributed by atoms with van der Waals surface area (Å²) in [5.74, 6) is -2.26. The molecule has 0 bridgehead atoms. The number of carbonyl (C=O) groups is 2. The van der Waals surface area contributed by atoms with Gasteiger partial charge in [-0.2, -0.15) is 0 Å². The Morgan fingerprint density at radius 2 is 1.72 bits per heavy atom. The number of benzene rings is 2. The number of para-hydroxylation sites is 1. The normalized spacial score (nSPS) is 11.9. The number of nitrogen functional groups attached to an aromatic ring is 1. The third kappa shape index (κ3) is 4.18. The Morgan fingerprint density at radius 3 is 2.40 bits per heavy atom. The maximum Gasteiger partial charge on any atom is 0.335 e. The standard InChI is InChI=1S/C20H23NO4/c1-2-3-4-9-14(13-8-5-6-10-15(13)20(24)25)18(22)16-11-7-12-17(21)19(16)23/h5-8,10-12,14,23H,2-4,9,21H2,1H3,(H,24,25). The van der Waals surface area contributed by atoms with E-state index >= 15 is 0 Å². The number of carboxylic acids is 1. The first kappa shape index (κ1) is 18.5. The Kier molecular flexibility index (Phi) is 6.17. The summed E-state index contributed by atoms with van der Waals surface area (Å²) in [6.45, 7) is 2.06. The molecule has 1 unspecified atom stereocenters. The van der Waals surface area contributed by atoms with Crippen LogP contribution in [0.15, 0.2) is 42.5 Å². The summed E-state index contributed by atoms with van der Waals surface area (Å²) in [7, 11) is 0. The monoisotopic (exact) mass is 341 g/mol. The third-order valence-electron chi connectivity index (χ3n) is 4.31. The van der Waals surface area contributed by atoms with Crippen LogP contribution in [0.4, 0.5) is 5.69 Å². The molecule has 25 heavy (non-hydrogen) atoms. The summed E-state index contributed by atoms with van der Waals surface area (Å²) in [4.78, 5) is 24.6. The van der Waals surface area contributed by atoms with E-state index in [2.05, 4.69) is 6.92 Å². The van der Waals surface area contributed by atoms with Gasteiger partial charge in [-0.1, -0.05) is 50.5 Å². The van der Waals surface area contributed by atoms with Crippen LogP contribution in [-0.4, -0.2) is 22.0 Å². The predicted octanol–water partition coefficient (Wildman–Crippen LogP) is 4.22. The zero-order valence-corrected chi connectivity index (χ0v) is 14.2. The number of phenolic OH excluding ortho intramolecular Hbond substituents is 1. The first-order valence-electron chi connectivity index (χ1n) is 8.41. The molecule has 0 saturated carbocycles. The highest BCUT2D eigenvalue weighted by Crippen LogP contribution is 2.34. The number of hydrogen-bond acceptors (Lipinski definition) is 4. The van der Waals surface area contributed by atoms with E-state index in [-0.39, 0.29) is 28.3 Å². The number of carbonyl (C=O) groups excluding carboxylic acids is 1. The first-order valence-corrected chi connectivity index (χ1v) is 8.41. The molecule has 0 fully saturated rings. The topological polar surface area (TPSA) is 101 Å². The lowest BCUT2D eigenvalue weighted by Gasteiger charge is -2.19. The number of aromatic carboxylic acids is 1. The van der Waals surface area contributed by atoms with Crippen molar-refractivity contribution >= 4 is 17.4 Å². The molecular weight excluding hydrogens is 318 g/mol. The van der Waals surface area contributed by atoms with E-state index in [9.17, 15) is 19.8 Å². The van der Waals surface area contributed by atoms with Gasteiger partial charge in [-0.15, -0.1) is 0 Å². The molecular formula is C20H23NO4. The molecule has 2 aromatic rings. The Labute approximate surface area is 147 Å². The number of rotatable bonds is 8. The van der Waals surface area contributed by atoms with Gasteiger partial charge in [-0.3, -0.25) is 4.79 Å². The number of unbranched alkanes of at least 4 members (excludes halogenated alkanes) is 2. The lowest BCUT2D eigenvalue weighted by Crippen LogP contribution is -2.17. The van der Waals surface area contributed by atoms with Gasteiger partial charge >= 0.3 is 5.97 Å². The second-order valence-corrected chi connectivity index (χ2v) is 6.05. The van der Waals surface area contributed by atoms with E-state index in [1.165, 1.54) is 18.2 Å². The molecule has 0 aromatic heterocycles. The fraction of sp³-hybridized carbons (Fsp3) is 0.300. The molecule has 5 nitrogen and oxygen atoms in total. The van der Waals surface area contributed by atoms with Gasteiger partial charge < -0.3 is 15.9 Å². The van der Waals surface area contributed by atoms with Crippen LogP contribution in [0, 0.1) is 0 Å². The van der Waals surface area contributed by atoms with Gasteiger partial charge in [0.15, 0.2) is 5.78 Å². The third-order valence-corrected chi connectivity index (χ3v) is 4.31. The van der Waals surface area contributed by atoms with E-state index < -0.39 is 11.9 Å². The molecule has 132 valence electrons. The molecule has 0 radical (unpaired) electrons. The molecule has 0 amide bonds. The van der Waals surface area contributed by atoms with Crippen LogP contribution >= 0.6 is 0 Å². The zero-order chi connectivity index (χ0) is 18.4. The Balaban J connectivity index is 2.48. The van der Waals surface area contributed by atoms with Gasteiger partial charge in [0.2, 0.25) is 0 Å². The zero-order valence-electron chi connectivity index (χ0n) is 14.2. The Bertz CT molecular complexity index is 770. The number of hydrogen-bond donors (Lipinski definition) is 3. The fourth-order valence-corrected chi connectivity index (χ4v) is 2.97. The number of phenols is 1. The van der Waals surface area contributed by atoms with Gasteiger partial charge in [0.1, 0.15) is 5.75 Å². The maximum atomic E-state index is 13.1. The molecule has 0 heterocycles. The van der Waals surface area contributed by atoms with Crippen LogP contribution in [0.3, 0.4) is 0 Å². The number of anilines is 1.